The Morgan fingerprint density at radius 2 is 1.21 bits per heavy atom. The summed E-state index contributed by atoms with van der Waals surface area (Å²) in [5.41, 5.74) is -3.76. The van der Waals surface area contributed by atoms with Gasteiger partial charge < -0.3 is 38.1 Å². The molecule has 0 radical (unpaired) electrons. The fourth-order valence-electron chi connectivity index (χ4n) is 13.0. The number of fused-ring (bicyclic) bond motifs is 4. The Hall–Kier alpha value is -4.04. The Morgan fingerprint density at radius 3 is 1.70 bits per heavy atom. The van der Waals surface area contributed by atoms with Crippen LogP contribution in [0.25, 0.3) is 25.1 Å². The number of carbonyl (C=O) groups is 5. The SMILES string of the molecule is CCC(C)(C)C(=O)OC12CC3CC(C1)CC(C(=O)OC(C(F)(F)F)C(F)(F)S(=O)(=O)[O-])(C3)C2.CCC(C)(C)C(=O)OC1C2CC3C(=O)OC1C3O2.CCC(C)(C)OC(=O)C(C)(C)CC.CCC(C)c1cc(I)c(I)c(I)c1O.c1ccc(-[s+]2c3ccccc3c3ccccc32)cc1. The molecule has 6 bridgehead atoms. The van der Waals surface area contributed by atoms with E-state index in [1.54, 1.807) is 20.8 Å². The summed E-state index contributed by atoms with van der Waals surface area (Å²) >= 11 is 6.80. The summed E-state index contributed by atoms with van der Waals surface area (Å²) in [5, 5.41) is 6.87. The van der Waals surface area contributed by atoms with Crippen molar-refractivity contribution in [3.8, 4) is 10.6 Å². The first-order valence-corrected chi connectivity index (χ1v) is 38.8. The number of alkyl halides is 5. The lowest BCUT2D eigenvalue weighted by atomic mass is 9.48. The predicted octanol–water partition coefficient (Wildman–Crippen LogP) is 18.6. The maximum atomic E-state index is 13.9. The lowest BCUT2D eigenvalue weighted by Crippen LogP contribution is -2.62. The summed E-state index contributed by atoms with van der Waals surface area (Å²) in [6, 6.07) is 30.5. The smallest absolute Gasteiger partial charge is 0.432 e. The van der Waals surface area contributed by atoms with Crippen LogP contribution in [-0.4, -0.2) is 101 Å². The summed E-state index contributed by atoms with van der Waals surface area (Å²) in [5.74, 6) is -2.40. The van der Waals surface area contributed by atoms with Gasteiger partial charge in [-0.2, -0.15) is 22.0 Å². The van der Waals surface area contributed by atoms with Crippen molar-refractivity contribution in [1.82, 2.24) is 0 Å². The molecular formula is C72H90F5I3O15S2. The van der Waals surface area contributed by atoms with Gasteiger partial charge in [-0.3, -0.25) is 24.0 Å². The molecule has 9 atom stereocenters. The highest BCUT2D eigenvalue weighted by Gasteiger charge is 2.68. The molecule has 5 aromatic rings. The fourth-order valence-corrected chi connectivity index (χ4v) is 18.0. The second-order valence-corrected chi connectivity index (χ2v) is 35.7. The first-order chi connectivity index (χ1) is 44.9. The van der Waals surface area contributed by atoms with Crippen LogP contribution in [0, 0.1) is 50.1 Å². The second kappa shape index (κ2) is 30.9. The van der Waals surface area contributed by atoms with Crippen molar-refractivity contribution in [3.63, 3.8) is 0 Å². The molecule has 25 heteroatoms. The summed E-state index contributed by atoms with van der Waals surface area (Å²) in [7, 11) is -6.72. The molecular weight excluding hydrogens is 1640 g/mol. The average molecular weight is 1740 g/mol. The molecule has 9 unspecified atom stereocenters. The van der Waals surface area contributed by atoms with E-state index in [1.165, 1.54) is 28.6 Å². The van der Waals surface area contributed by atoms with E-state index < -0.39 is 73.6 Å². The molecule has 3 aliphatic heterocycles. The van der Waals surface area contributed by atoms with E-state index in [1.807, 2.05) is 62.3 Å². The molecule has 1 N–H and O–H groups in total. The zero-order chi connectivity index (χ0) is 72.6. The monoisotopic (exact) mass is 1730 g/mol. The number of halogens is 8. The zero-order valence-corrected chi connectivity index (χ0v) is 65.4. The largest absolute Gasteiger partial charge is 0.743 e. The van der Waals surface area contributed by atoms with Gasteiger partial charge in [-0.1, -0.05) is 84.0 Å². The number of benzene rings is 4. The third kappa shape index (κ3) is 17.7. The molecule has 7 fully saturated rings. The van der Waals surface area contributed by atoms with Crippen LogP contribution >= 0.6 is 78.2 Å². The van der Waals surface area contributed by atoms with Gasteiger partial charge in [0.05, 0.1) is 37.3 Å². The van der Waals surface area contributed by atoms with Gasteiger partial charge >= 0.3 is 41.3 Å². The van der Waals surface area contributed by atoms with Crippen molar-refractivity contribution in [2.24, 2.45) is 39.4 Å². The maximum Gasteiger partial charge on any atom is 0.432 e. The number of hydrogen-bond acceptors (Lipinski definition) is 15. The molecule has 12 rings (SSSR count). The van der Waals surface area contributed by atoms with E-state index in [9.17, 15) is 64.0 Å². The molecule has 97 heavy (non-hydrogen) atoms. The minimum absolute atomic E-state index is 0.0408. The molecule has 15 nitrogen and oxygen atoms in total. The van der Waals surface area contributed by atoms with Gasteiger partial charge in [0.2, 0.25) is 0 Å². The fraction of sp³-hybridized carbons (Fsp3) is 0.597. The highest BCUT2D eigenvalue weighted by molar-refractivity contribution is 14.1. The van der Waals surface area contributed by atoms with Crippen LogP contribution in [0.5, 0.6) is 5.75 Å². The minimum Gasteiger partial charge on any atom is -0.743 e. The van der Waals surface area contributed by atoms with Crippen molar-refractivity contribution in [2.75, 3.05) is 0 Å². The number of esters is 5. The van der Waals surface area contributed by atoms with Gasteiger partial charge in [0.1, 0.15) is 23.1 Å². The number of carbonyl (C=O) groups excluding carboxylic acids is 5. The van der Waals surface area contributed by atoms with E-state index in [0.29, 0.717) is 50.2 Å². The first-order valence-electron chi connectivity index (χ1n) is 32.9. The molecule has 4 heterocycles. The maximum absolute atomic E-state index is 13.9. The molecule has 0 spiro atoms. The van der Waals surface area contributed by atoms with Gasteiger partial charge in [-0.25, -0.2) is 8.42 Å². The van der Waals surface area contributed by atoms with Crippen LogP contribution in [-0.2, 0) is 62.5 Å². The molecule has 4 aromatic carbocycles. The summed E-state index contributed by atoms with van der Waals surface area (Å²) in [6.07, 6.45) is -5.86. The zero-order valence-electron chi connectivity index (χ0n) is 57.3. The standard InChI is InChI=1S/C20H27F5O7S.C18H13S.C13H18O5.C11H22O2.C10H11I3O/c1-4-16(2,3)14(26)32-18-8-11-5-12(9-18)7-17(6-11,10-18)15(27)31-13(19(21,22)23)20(24,25)33(28,29)30;1-2-8-14(9-3-1)19-17-12-6-4-10-15(17)16-11-5-7-13-18(16)19;1-4-13(2,3)12(15)18-9-7-5-6-8(16-7)10(9)17-11(6)14;1-7-10(3,4)9(12)13-11(5,6)8-2;1-3-5(2)6-4-7(11)8(12)9(13)10(6)14/h11-13H,4-10H2,1-3H3,(H,28,29,30);1-13H;6-10H,4-5H2,1-3H3;7-8H2,1-6H3;4-5,14H,3H2,1-2H3/q;+1;;;/p-1. The average Bonchev–Trinajstić information content (AvgIpc) is 0.834. The van der Waals surface area contributed by atoms with Gasteiger partial charge in [-0.05, 0) is 260 Å². The van der Waals surface area contributed by atoms with Gasteiger partial charge in [0.15, 0.2) is 36.6 Å². The van der Waals surface area contributed by atoms with Crippen LogP contribution in [0.3, 0.4) is 0 Å². The predicted molar refractivity (Wildman–Crippen MR) is 386 cm³/mol. The highest BCUT2D eigenvalue weighted by atomic mass is 127. The Labute approximate surface area is 610 Å². The van der Waals surface area contributed by atoms with Crippen molar-refractivity contribution in [3.05, 3.63) is 101 Å². The van der Waals surface area contributed by atoms with Gasteiger partial charge in [0.25, 0.3) is 6.10 Å². The molecule has 3 saturated heterocycles. The Bertz CT molecular complexity index is 3730. The van der Waals surface area contributed by atoms with Crippen LogP contribution in [0.2, 0.25) is 0 Å². The van der Waals surface area contributed by atoms with Gasteiger partial charge in [0, 0.05) is 34.8 Å². The first kappa shape index (κ1) is 80.3. The van der Waals surface area contributed by atoms with Crippen LogP contribution in [0.1, 0.15) is 185 Å². The minimum atomic E-state index is -6.78. The normalized spacial score (nSPS) is 24.6. The Balaban J connectivity index is 0.000000179. The summed E-state index contributed by atoms with van der Waals surface area (Å²) in [4.78, 5) is 62.3. The Morgan fingerprint density at radius 1 is 0.701 bits per heavy atom. The van der Waals surface area contributed by atoms with Crippen molar-refractivity contribution in [2.45, 2.75) is 233 Å². The van der Waals surface area contributed by atoms with Crippen LogP contribution in [0.15, 0.2) is 84.9 Å². The second-order valence-electron chi connectivity index (χ2n) is 29.0. The lowest BCUT2D eigenvalue weighted by Gasteiger charge is -2.60. The van der Waals surface area contributed by atoms with E-state index in [-0.39, 0.29) is 88.6 Å². The number of hydrogen-bond donors (Lipinski definition) is 1. The highest BCUT2D eigenvalue weighted by Crippen LogP contribution is 2.64. The van der Waals surface area contributed by atoms with Crippen molar-refractivity contribution in [1.29, 1.82) is 0 Å². The molecule has 4 aliphatic carbocycles. The number of phenols is 1. The molecule has 1 aromatic heterocycles. The quantitative estimate of drug-likeness (QED) is 0.0174. The van der Waals surface area contributed by atoms with Gasteiger partial charge in [-0.15, -0.1) is 0 Å². The third-order valence-electron chi connectivity index (χ3n) is 20.3. The van der Waals surface area contributed by atoms with E-state index in [4.69, 9.17) is 23.7 Å². The lowest BCUT2D eigenvalue weighted by molar-refractivity contribution is -0.270. The summed E-state index contributed by atoms with van der Waals surface area (Å²) in [6.45, 7) is 26.8. The molecule has 4 saturated carbocycles. The number of thiophene rings is 1. The van der Waals surface area contributed by atoms with E-state index in [0.717, 1.165) is 32.0 Å². The topological polar surface area (TPSA) is 218 Å². The van der Waals surface area contributed by atoms with Crippen LogP contribution in [0.4, 0.5) is 22.0 Å². The summed E-state index contributed by atoms with van der Waals surface area (Å²) < 4.78 is 138. The van der Waals surface area contributed by atoms with Crippen LogP contribution < -0.4 is 0 Å². The van der Waals surface area contributed by atoms with E-state index in [2.05, 4.69) is 171 Å². The molecule has 0 amide bonds. The number of phenolic OH excluding ortho intramolecular Hbond substituents is 1. The van der Waals surface area contributed by atoms with Crippen molar-refractivity contribution < 1.29 is 92.4 Å². The number of ether oxygens (including phenoxy) is 6. The number of rotatable bonds is 17. The van der Waals surface area contributed by atoms with Crippen molar-refractivity contribution >= 4 is 138 Å². The van der Waals surface area contributed by atoms with E-state index >= 15 is 0 Å². The molecule has 536 valence electrons. The molecule has 7 aliphatic rings. The third-order valence-corrected chi connectivity index (χ3v) is 28.6. The Kier molecular flexibility index (Phi) is 25.6. The number of aromatic hydroxyl groups is 1.